The molecule has 0 saturated carbocycles. The summed E-state index contributed by atoms with van der Waals surface area (Å²) >= 11 is 0. The van der Waals surface area contributed by atoms with Crippen molar-refractivity contribution in [2.75, 3.05) is 20.3 Å². The van der Waals surface area contributed by atoms with Crippen molar-refractivity contribution in [2.24, 2.45) is 4.99 Å². The largest absolute Gasteiger partial charge is 0.488 e. The first-order valence-corrected chi connectivity index (χ1v) is 9.48. The number of nitrogens with zero attached hydrogens (tertiary/aromatic N) is 1. The standard InChI is InChI=1S/C22H29N3O2.HI/c1-16-5-4-6-18(11-16)13-24-22(23-3)25-14-19-8-7-17(2)12-21(19)27-20-9-10-26-15-20;/h4-8,11-12,20H,9-10,13-15H2,1-3H3,(H2,23,24,25);1H. The predicted molar refractivity (Wildman–Crippen MR) is 125 cm³/mol. The molecular weight excluding hydrogens is 465 g/mol. The lowest BCUT2D eigenvalue weighted by Crippen LogP contribution is -2.36. The molecular formula is C22H30IN3O2. The summed E-state index contributed by atoms with van der Waals surface area (Å²) in [5, 5.41) is 6.75. The first-order valence-electron chi connectivity index (χ1n) is 9.48. The number of hydrogen-bond acceptors (Lipinski definition) is 3. The van der Waals surface area contributed by atoms with Gasteiger partial charge in [-0.2, -0.15) is 0 Å². The third-order valence-electron chi connectivity index (χ3n) is 4.62. The van der Waals surface area contributed by atoms with Crippen LogP contribution < -0.4 is 15.4 Å². The highest BCUT2D eigenvalue weighted by Crippen LogP contribution is 2.23. The molecule has 152 valence electrons. The van der Waals surface area contributed by atoms with Crippen molar-refractivity contribution in [2.45, 2.75) is 39.5 Å². The van der Waals surface area contributed by atoms with Crippen LogP contribution in [0.15, 0.2) is 47.5 Å². The highest BCUT2D eigenvalue weighted by atomic mass is 127. The van der Waals surface area contributed by atoms with Crippen LogP contribution in [0, 0.1) is 13.8 Å². The second-order valence-electron chi connectivity index (χ2n) is 6.98. The van der Waals surface area contributed by atoms with E-state index in [1.807, 2.05) is 0 Å². The summed E-state index contributed by atoms with van der Waals surface area (Å²) in [5.41, 5.74) is 4.80. The van der Waals surface area contributed by atoms with E-state index in [1.165, 1.54) is 16.7 Å². The Morgan fingerprint density at radius 3 is 2.61 bits per heavy atom. The fourth-order valence-electron chi connectivity index (χ4n) is 3.11. The molecule has 0 aromatic heterocycles. The van der Waals surface area contributed by atoms with Crippen molar-refractivity contribution in [1.29, 1.82) is 0 Å². The average molecular weight is 495 g/mol. The van der Waals surface area contributed by atoms with Crippen LogP contribution in [0.25, 0.3) is 0 Å². The molecule has 0 aliphatic carbocycles. The summed E-state index contributed by atoms with van der Waals surface area (Å²) in [7, 11) is 1.79. The summed E-state index contributed by atoms with van der Waals surface area (Å²) in [6.07, 6.45) is 1.09. The molecule has 28 heavy (non-hydrogen) atoms. The Morgan fingerprint density at radius 2 is 1.89 bits per heavy atom. The fraction of sp³-hybridized carbons (Fsp3) is 0.409. The molecule has 0 bridgehead atoms. The lowest BCUT2D eigenvalue weighted by molar-refractivity contribution is 0.140. The van der Waals surface area contributed by atoms with Crippen LogP contribution in [-0.2, 0) is 17.8 Å². The van der Waals surface area contributed by atoms with E-state index < -0.39 is 0 Å². The van der Waals surface area contributed by atoms with E-state index in [0.717, 1.165) is 36.8 Å². The van der Waals surface area contributed by atoms with Gasteiger partial charge in [-0.05, 0) is 31.0 Å². The van der Waals surface area contributed by atoms with E-state index in [2.05, 4.69) is 71.9 Å². The number of rotatable bonds is 6. The van der Waals surface area contributed by atoms with Gasteiger partial charge in [0, 0.05) is 32.1 Å². The van der Waals surface area contributed by atoms with Crippen molar-refractivity contribution in [3.8, 4) is 5.75 Å². The highest BCUT2D eigenvalue weighted by molar-refractivity contribution is 14.0. The van der Waals surface area contributed by atoms with Gasteiger partial charge in [-0.3, -0.25) is 4.99 Å². The third-order valence-corrected chi connectivity index (χ3v) is 4.62. The average Bonchev–Trinajstić information content (AvgIpc) is 3.16. The molecule has 0 amide bonds. The second kappa shape index (κ2) is 11.3. The van der Waals surface area contributed by atoms with Crippen LogP contribution in [0.5, 0.6) is 5.75 Å². The van der Waals surface area contributed by atoms with E-state index in [0.29, 0.717) is 13.2 Å². The predicted octanol–water partition coefficient (Wildman–Crippen LogP) is 3.95. The van der Waals surface area contributed by atoms with Gasteiger partial charge in [0.15, 0.2) is 5.96 Å². The van der Waals surface area contributed by atoms with Gasteiger partial charge in [0.2, 0.25) is 0 Å². The minimum absolute atomic E-state index is 0. The zero-order valence-corrected chi connectivity index (χ0v) is 19.2. The van der Waals surface area contributed by atoms with Crippen LogP contribution in [0.1, 0.15) is 28.7 Å². The van der Waals surface area contributed by atoms with Crippen LogP contribution in [-0.4, -0.2) is 32.3 Å². The molecule has 0 radical (unpaired) electrons. The number of benzene rings is 2. The maximum atomic E-state index is 6.17. The molecule has 1 saturated heterocycles. The molecule has 1 aliphatic rings. The Labute approximate surface area is 184 Å². The van der Waals surface area contributed by atoms with Crippen LogP contribution in [0.3, 0.4) is 0 Å². The Hall–Kier alpha value is -1.80. The smallest absolute Gasteiger partial charge is 0.191 e. The molecule has 1 atom stereocenters. The molecule has 0 spiro atoms. The lowest BCUT2D eigenvalue weighted by atomic mass is 10.1. The van der Waals surface area contributed by atoms with E-state index in [1.54, 1.807) is 7.05 Å². The zero-order valence-electron chi connectivity index (χ0n) is 16.8. The molecule has 1 unspecified atom stereocenters. The molecule has 5 nitrogen and oxygen atoms in total. The number of hydrogen-bond donors (Lipinski definition) is 2. The van der Waals surface area contributed by atoms with Gasteiger partial charge < -0.3 is 20.1 Å². The van der Waals surface area contributed by atoms with Crippen molar-refractivity contribution < 1.29 is 9.47 Å². The fourth-order valence-corrected chi connectivity index (χ4v) is 3.11. The van der Waals surface area contributed by atoms with Crippen LogP contribution in [0.4, 0.5) is 0 Å². The van der Waals surface area contributed by atoms with Crippen molar-refractivity contribution in [3.63, 3.8) is 0 Å². The minimum Gasteiger partial charge on any atom is -0.488 e. The number of nitrogens with one attached hydrogen (secondary N) is 2. The van der Waals surface area contributed by atoms with E-state index in [9.17, 15) is 0 Å². The summed E-state index contributed by atoms with van der Waals surface area (Å²) in [6, 6.07) is 14.8. The van der Waals surface area contributed by atoms with Gasteiger partial charge in [-0.1, -0.05) is 42.0 Å². The molecule has 1 heterocycles. The summed E-state index contributed by atoms with van der Waals surface area (Å²) < 4.78 is 11.6. The van der Waals surface area contributed by atoms with Crippen molar-refractivity contribution >= 4 is 29.9 Å². The molecule has 2 N–H and O–H groups in total. The quantitative estimate of drug-likeness (QED) is 0.362. The lowest BCUT2D eigenvalue weighted by Gasteiger charge is -2.18. The normalized spacial score (nSPS) is 16.4. The first kappa shape index (κ1) is 22.5. The van der Waals surface area contributed by atoms with Crippen molar-refractivity contribution in [3.05, 3.63) is 64.7 Å². The van der Waals surface area contributed by atoms with Crippen LogP contribution in [0.2, 0.25) is 0 Å². The van der Waals surface area contributed by atoms with Gasteiger partial charge >= 0.3 is 0 Å². The third kappa shape index (κ3) is 6.67. The van der Waals surface area contributed by atoms with Crippen molar-refractivity contribution in [1.82, 2.24) is 10.6 Å². The van der Waals surface area contributed by atoms with E-state index in [4.69, 9.17) is 9.47 Å². The van der Waals surface area contributed by atoms with E-state index in [-0.39, 0.29) is 30.1 Å². The monoisotopic (exact) mass is 495 g/mol. The first-order chi connectivity index (χ1) is 13.1. The molecule has 6 heteroatoms. The van der Waals surface area contributed by atoms with Gasteiger partial charge in [-0.25, -0.2) is 0 Å². The van der Waals surface area contributed by atoms with Crippen LogP contribution >= 0.6 is 24.0 Å². The second-order valence-corrected chi connectivity index (χ2v) is 6.98. The number of guanidine groups is 1. The van der Waals surface area contributed by atoms with Gasteiger partial charge in [0.25, 0.3) is 0 Å². The Bertz CT molecular complexity index is 789. The summed E-state index contributed by atoms with van der Waals surface area (Å²) in [5.74, 6) is 1.69. The molecule has 1 aliphatic heterocycles. The summed E-state index contributed by atoms with van der Waals surface area (Å²) in [4.78, 5) is 4.32. The zero-order chi connectivity index (χ0) is 19.1. The number of halogens is 1. The number of ether oxygens (including phenoxy) is 2. The van der Waals surface area contributed by atoms with Gasteiger partial charge in [0.05, 0.1) is 13.2 Å². The van der Waals surface area contributed by atoms with Gasteiger partial charge in [-0.15, -0.1) is 24.0 Å². The molecule has 1 fully saturated rings. The number of aliphatic imine (C=N–C) groups is 1. The topological polar surface area (TPSA) is 54.9 Å². The number of aryl methyl sites for hydroxylation is 2. The molecule has 2 aromatic rings. The summed E-state index contributed by atoms with van der Waals surface area (Å²) in [6.45, 7) is 7.01. The Morgan fingerprint density at radius 1 is 1.11 bits per heavy atom. The maximum absolute atomic E-state index is 6.17. The SMILES string of the molecule is CN=C(NCc1cccc(C)c1)NCc1ccc(C)cc1OC1CCOC1.I. The molecule has 2 aromatic carbocycles. The van der Waals surface area contributed by atoms with E-state index >= 15 is 0 Å². The Kier molecular flexibility index (Phi) is 9.05. The maximum Gasteiger partial charge on any atom is 0.191 e. The minimum atomic E-state index is 0. The molecule has 3 rings (SSSR count). The highest BCUT2D eigenvalue weighted by Gasteiger charge is 2.18. The Balaban J connectivity index is 0.00000280. The van der Waals surface area contributed by atoms with Gasteiger partial charge in [0.1, 0.15) is 11.9 Å².